The topological polar surface area (TPSA) is 3.24 Å². The lowest BCUT2D eigenvalue weighted by Gasteiger charge is -2.25. The van der Waals surface area contributed by atoms with Crippen LogP contribution in [0, 0.1) is 0 Å². The molecule has 1 fully saturated rings. The van der Waals surface area contributed by atoms with Crippen LogP contribution in [-0.2, 0) is 6.42 Å². The van der Waals surface area contributed by atoms with Crippen LogP contribution in [0.2, 0.25) is 0 Å². The van der Waals surface area contributed by atoms with Crippen LogP contribution >= 0.6 is 11.9 Å². The van der Waals surface area contributed by atoms with Crippen LogP contribution in [0.1, 0.15) is 24.8 Å². The van der Waals surface area contributed by atoms with E-state index in [1.807, 2.05) is 11.9 Å². The van der Waals surface area contributed by atoms with E-state index in [0.717, 1.165) is 0 Å². The molecule has 0 bridgehead atoms. The van der Waals surface area contributed by atoms with Gasteiger partial charge in [0.05, 0.1) is 0 Å². The van der Waals surface area contributed by atoms with Gasteiger partial charge in [0, 0.05) is 18.8 Å². The zero-order valence-electron chi connectivity index (χ0n) is 9.19. The molecule has 0 aliphatic carbocycles. The van der Waals surface area contributed by atoms with Crippen LogP contribution in [0.4, 0.5) is 0 Å². The summed E-state index contributed by atoms with van der Waals surface area (Å²) in [5.74, 6) is 1.23. The largest absolute Gasteiger partial charge is 0.251 e. The highest BCUT2D eigenvalue weighted by atomic mass is 32.2. The van der Waals surface area contributed by atoms with Gasteiger partial charge in [-0.25, -0.2) is 0 Å². The Hall–Kier alpha value is -0.470. The second-order valence-corrected chi connectivity index (χ2v) is 5.24. The third-order valence-corrected chi connectivity index (χ3v) is 3.94. The van der Waals surface area contributed by atoms with Gasteiger partial charge >= 0.3 is 0 Å². The molecule has 1 aromatic rings. The van der Waals surface area contributed by atoms with Crippen molar-refractivity contribution in [3.63, 3.8) is 0 Å². The summed E-state index contributed by atoms with van der Waals surface area (Å²) in [6, 6.07) is 10.8. The fourth-order valence-corrected chi connectivity index (χ4v) is 3.03. The summed E-state index contributed by atoms with van der Waals surface area (Å²) < 4.78 is 2.53. The molecule has 0 spiro atoms. The second kappa shape index (κ2) is 6.19. The molecule has 0 N–H and O–H groups in total. The van der Waals surface area contributed by atoms with Gasteiger partial charge in [-0.2, -0.15) is 0 Å². The van der Waals surface area contributed by atoms with Crippen molar-refractivity contribution in [1.82, 2.24) is 4.31 Å². The molecule has 0 amide bonds. The molecule has 1 aliphatic heterocycles. The molecule has 0 unspecified atom stereocenters. The highest BCUT2D eigenvalue weighted by Gasteiger charge is 2.09. The number of benzene rings is 1. The Labute approximate surface area is 97.0 Å². The Balaban J connectivity index is 1.66. The molecule has 1 aliphatic rings. The molecule has 0 atom stereocenters. The highest BCUT2D eigenvalue weighted by molar-refractivity contribution is 7.97. The minimum absolute atomic E-state index is 1.20. The summed E-state index contributed by atoms with van der Waals surface area (Å²) in [7, 11) is 0. The molecule has 0 aromatic heterocycles. The van der Waals surface area contributed by atoms with Gasteiger partial charge < -0.3 is 0 Å². The lowest BCUT2D eigenvalue weighted by atomic mass is 10.2. The number of hydrogen-bond donors (Lipinski definition) is 0. The summed E-state index contributed by atoms with van der Waals surface area (Å²) in [5.41, 5.74) is 1.46. The lowest BCUT2D eigenvalue weighted by molar-refractivity contribution is 0.380. The van der Waals surface area contributed by atoms with E-state index in [1.165, 1.54) is 50.1 Å². The smallest absolute Gasteiger partial charge is 0.0121 e. The molecule has 2 rings (SSSR count). The van der Waals surface area contributed by atoms with Crippen LogP contribution in [0.3, 0.4) is 0 Å². The molecule has 1 saturated heterocycles. The van der Waals surface area contributed by atoms with E-state index >= 15 is 0 Å². The third-order valence-electron chi connectivity index (χ3n) is 2.82. The predicted octanol–water partition coefficient (Wildman–Crippen LogP) is 3.36. The van der Waals surface area contributed by atoms with Gasteiger partial charge in [-0.05, 0) is 24.8 Å². The van der Waals surface area contributed by atoms with Crippen molar-refractivity contribution in [3.05, 3.63) is 35.9 Å². The number of rotatable bonds is 4. The molecule has 82 valence electrons. The first-order valence-electron chi connectivity index (χ1n) is 5.87. The van der Waals surface area contributed by atoms with Crippen LogP contribution in [0.25, 0.3) is 0 Å². The first-order chi connectivity index (χ1) is 7.45. The molecule has 1 aromatic carbocycles. The van der Waals surface area contributed by atoms with Crippen molar-refractivity contribution in [3.8, 4) is 0 Å². The average molecular weight is 221 g/mol. The summed E-state index contributed by atoms with van der Waals surface area (Å²) in [6.07, 6.45) is 5.40. The SMILES string of the molecule is c1ccc(CCSN2CCCCC2)cc1. The maximum atomic E-state index is 2.53. The number of nitrogens with zero attached hydrogens (tertiary/aromatic N) is 1. The molecule has 0 radical (unpaired) electrons. The summed E-state index contributed by atoms with van der Waals surface area (Å²) in [4.78, 5) is 0. The Bertz CT molecular complexity index is 267. The minimum atomic E-state index is 1.20. The monoisotopic (exact) mass is 221 g/mol. The standard InChI is InChI=1S/C13H19NS/c1-3-7-13(8-4-1)9-12-15-14-10-5-2-6-11-14/h1,3-4,7-8H,2,5-6,9-12H2. The van der Waals surface area contributed by atoms with Crippen LogP contribution < -0.4 is 0 Å². The van der Waals surface area contributed by atoms with Gasteiger partial charge in [0.25, 0.3) is 0 Å². The fourth-order valence-electron chi connectivity index (χ4n) is 1.93. The maximum absolute atomic E-state index is 2.53. The van der Waals surface area contributed by atoms with Gasteiger partial charge in [0.1, 0.15) is 0 Å². The van der Waals surface area contributed by atoms with Crippen LogP contribution in [0.15, 0.2) is 30.3 Å². The minimum Gasteiger partial charge on any atom is -0.251 e. The highest BCUT2D eigenvalue weighted by Crippen LogP contribution is 2.18. The van der Waals surface area contributed by atoms with Crippen molar-refractivity contribution in [1.29, 1.82) is 0 Å². The van der Waals surface area contributed by atoms with Gasteiger partial charge in [-0.3, -0.25) is 4.31 Å². The Morgan fingerprint density at radius 3 is 2.47 bits per heavy atom. The van der Waals surface area contributed by atoms with E-state index in [4.69, 9.17) is 0 Å². The van der Waals surface area contributed by atoms with Gasteiger partial charge in [0.2, 0.25) is 0 Å². The summed E-state index contributed by atoms with van der Waals surface area (Å²) >= 11 is 2.03. The zero-order valence-corrected chi connectivity index (χ0v) is 10.0. The van der Waals surface area contributed by atoms with Crippen molar-refractivity contribution < 1.29 is 0 Å². The fraction of sp³-hybridized carbons (Fsp3) is 0.538. The maximum Gasteiger partial charge on any atom is 0.0121 e. The van der Waals surface area contributed by atoms with E-state index in [-0.39, 0.29) is 0 Å². The number of hydrogen-bond acceptors (Lipinski definition) is 2. The van der Waals surface area contributed by atoms with E-state index in [2.05, 4.69) is 34.6 Å². The normalized spacial score (nSPS) is 17.9. The van der Waals surface area contributed by atoms with Crippen molar-refractivity contribution in [2.75, 3.05) is 18.8 Å². The van der Waals surface area contributed by atoms with Crippen LogP contribution in [0.5, 0.6) is 0 Å². The first kappa shape index (κ1) is 11.0. The molecule has 2 heteroatoms. The first-order valence-corrected chi connectivity index (χ1v) is 6.81. The quantitative estimate of drug-likeness (QED) is 0.717. The van der Waals surface area contributed by atoms with Crippen molar-refractivity contribution >= 4 is 11.9 Å². The average Bonchev–Trinajstić information content (AvgIpc) is 2.32. The Morgan fingerprint density at radius 1 is 1.00 bits per heavy atom. The zero-order chi connectivity index (χ0) is 10.3. The van der Waals surface area contributed by atoms with E-state index in [9.17, 15) is 0 Å². The van der Waals surface area contributed by atoms with Gasteiger partial charge in [-0.15, -0.1) is 0 Å². The Morgan fingerprint density at radius 2 is 1.73 bits per heavy atom. The van der Waals surface area contributed by atoms with Gasteiger partial charge in [-0.1, -0.05) is 48.7 Å². The molecule has 0 saturated carbocycles. The summed E-state index contributed by atoms with van der Waals surface area (Å²) in [6.45, 7) is 2.58. The summed E-state index contributed by atoms with van der Waals surface area (Å²) in [5, 5.41) is 0. The Kier molecular flexibility index (Phi) is 4.55. The third kappa shape index (κ3) is 3.88. The van der Waals surface area contributed by atoms with Gasteiger partial charge in [0.15, 0.2) is 0 Å². The molecule has 15 heavy (non-hydrogen) atoms. The number of aryl methyl sites for hydroxylation is 1. The lowest BCUT2D eigenvalue weighted by Crippen LogP contribution is -2.23. The second-order valence-electron chi connectivity index (χ2n) is 4.06. The van der Waals surface area contributed by atoms with Crippen molar-refractivity contribution in [2.45, 2.75) is 25.7 Å². The molecule has 1 heterocycles. The molecule has 1 nitrogen and oxygen atoms in total. The van der Waals surface area contributed by atoms with Crippen LogP contribution in [-0.4, -0.2) is 23.1 Å². The van der Waals surface area contributed by atoms with E-state index in [0.29, 0.717) is 0 Å². The molecular formula is C13H19NS. The van der Waals surface area contributed by atoms with Crippen molar-refractivity contribution in [2.24, 2.45) is 0 Å². The van der Waals surface area contributed by atoms with E-state index in [1.54, 1.807) is 0 Å². The predicted molar refractivity (Wildman–Crippen MR) is 68.0 cm³/mol. The molecular weight excluding hydrogens is 202 g/mol. The van der Waals surface area contributed by atoms with E-state index < -0.39 is 0 Å². The number of piperidine rings is 1.